The van der Waals surface area contributed by atoms with Gasteiger partial charge in [0.15, 0.2) is 5.78 Å². The number of carbonyl (C=O) groups is 1. The number of hydrogen-bond acceptors (Lipinski definition) is 1. The van der Waals surface area contributed by atoms with Crippen LogP contribution in [0, 0.1) is 0 Å². The van der Waals surface area contributed by atoms with Crippen LogP contribution in [0.2, 0.25) is 0 Å². The second-order valence-corrected chi connectivity index (χ2v) is 5.03. The number of fused-ring (bicyclic) bond motifs is 3. The molecule has 0 radical (unpaired) electrons. The fourth-order valence-electron chi connectivity index (χ4n) is 2.81. The zero-order valence-corrected chi connectivity index (χ0v) is 10.4. The van der Waals surface area contributed by atoms with Crippen molar-refractivity contribution in [2.45, 2.75) is 6.42 Å². The fourth-order valence-corrected chi connectivity index (χ4v) is 2.81. The summed E-state index contributed by atoms with van der Waals surface area (Å²) in [6, 6.07) is 8.55. The van der Waals surface area contributed by atoms with Crippen LogP contribution in [0.15, 0.2) is 48.6 Å². The van der Waals surface area contributed by atoms with Gasteiger partial charge in [-0.25, -0.2) is 0 Å². The van der Waals surface area contributed by atoms with Gasteiger partial charge in [-0.1, -0.05) is 36.4 Å². The van der Waals surface area contributed by atoms with Gasteiger partial charge in [0.25, 0.3) is 0 Å². The van der Waals surface area contributed by atoms with E-state index in [9.17, 15) is 4.79 Å². The maximum absolute atomic E-state index is 11.9. The van der Waals surface area contributed by atoms with Crippen LogP contribution in [0.25, 0.3) is 22.9 Å². The first-order valence-corrected chi connectivity index (χ1v) is 6.47. The molecule has 0 saturated heterocycles. The fraction of sp³-hybridized carbons (Fsp3) is 0.0556. The highest BCUT2D eigenvalue weighted by Crippen LogP contribution is 2.16. The van der Waals surface area contributed by atoms with Gasteiger partial charge in [0, 0.05) is 5.56 Å². The predicted molar refractivity (Wildman–Crippen MR) is 78.4 cm³/mol. The van der Waals surface area contributed by atoms with Crippen LogP contribution in [-0.2, 0) is 6.42 Å². The van der Waals surface area contributed by atoms with Crippen molar-refractivity contribution >= 4 is 28.7 Å². The lowest BCUT2D eigenvalue weighted by Gasteiger charge is -2.09. The van der Waals surface area contributed by atoms with Crippen molar-refractivity contribution < 1.29 is 4.79 Å². The van der Waals surface area contributed by atoms with Gasteiger partial charge in [-0.3, -0.25) is 4.79 Å². The Morgan fingerprint density at radius 3 is 2.58 bits per heavy atom. The molecule has 2 aromatic rings. The van der Waals surface area contributed by atoms with Crippen LogP contribution >= 0.6 is 0 Å². The number of carbonyl (C=O) groups excluding carboxylic acids is 1. The molecule has 4 rings (SSSR count). The van der Waals surface area contributed by atoms with E-state index in [0.29, 0.717) is 0 Å². The molecule has 0 fully saturated rings. The lowest BCUT2D eigenvalue weighted by Crippen LogP contribution is -2.17. The third kappa shape index (κ3) is 1.59. The Kier molecular flexibility index (Phi) is 2.10. The van der Waals surface area contributed by atoms with Gasteiger partial charge < -0.3 is 0 Å². The minimum atomic E-state index is 0.0981. The second-order valence-electron chi connectivity index (χ2n) is 5.03. The molecular formula is C18H12O. The molecule has 90 valence electrons. The van der Waals surface area contributed by atoms with Gasteiger partial charge in [0.05, 0.1) is 0 Å². The van der Waals surface area contributed by atoms with Crippen molar-refractivity contribution in [2.24, 2.45) is 0 Å². The molecule has 2 aliphatic rings. The maximum Gasteiger partial charge on any atom is 0.186 e. The molecule has 0 saturated carbocycles. The quantitative estimate of drug-likeness (QED) is 0.694. The Morgan fingerprint density at radius 1 is 0.842 bits per heavy atom. The maximum atomic E-state index is 11.9. The summed E-state index contributed by atoms with van der Waals surface area (Å²) < 4.78 is 0. The average Bonchev–Trinajstić information content (AvgIpc) is 2.44. The molecule has 0 aliphatic heterocycles. The van der Waals surface area contributed by atoms with Crippen molar-refractivity contribution in [3.05, 3.63) is 70.1 Å². The molecule has 0 spiro atoms. The molecule has 0 aromatic heterocycles. The standard InChI is InChI=1S/C18H12O/c19-18-7-3-6-14-10-15-8-12-4-1-2-5-13(12)9-16(15)11-17(14)18/h1-3,5-11H,4H2. The second kappa shape index (κ2) is 3.79. The zero-order chi connectivity index (χ0) is 12.8. The van der Waals surface area contributed by atoms with Crippen LogP contribution in [0.1, 0.15) is 15.9 Å². The minimum absolute atomic E-state index is 0.0981. The molecule has 1 nitrogen and oxygen atoms in total. The van der Waals surface area contributed by atoms with E-state index < -0.39 is 0 Å². The van der Waals surface area contributed by atoms with E-state index in [1.807, 2.05) is 18.2 Å². The third-order valence-corrected chi connectivity index (χ3v) is 3.81. The normalized spacial score (nSPS) is 15.7. The molecule has 0 heterocycles. The Bertz CT molecular complexity index is 895. The summed E-state index contributed by atoms with van der Waals surface area (Å²) in [5.74, 6) is 0.0981. The van der Waals surface area contributed by atoms with Crippen LogP contribution in [-0.4, -0.2) is 5.78 Å². The van der Waals surface area contributed by atoms with Gasteiger partial charge in [0.2, 0.25) is 0 Å². The lowest BCUT2D eigenvalue weighted by atomic mass is 9.94. The van der Waals surface area contributed by atoms with Crippen molar-refractivity contribution in [2.75, 3.05) is 0 Å². The summed E-state index contributed by atoms with van der Waals surface area (Å²) in [4.78, 5) is 11.9. The molecule has 0 bridgehead atoms. The number of ketones is 1. The first-order valence-electron chi connectivity index (χ1n) is 6.47. The highest BCUT2D eigenvalue weighted by Gasteiger charge is 2.09. The predicted octanol–water partition coefficient (Wildman–Crippen LogP) is 2.27. The van der Waals surface area contributed by atoms with Crippen LogP contribution in [0.4, 0.5) is 0 Å². The topological polar surface area (TPSA) is 17.1 Å². The average molecular weight is 244 g/mol. The summed E-state index contributed by atoms with van der Waals surface area (Å²) in [5, 5.41) is 4.63. The lowest BCUT2D eigenvalue weighted by molar-refractivity contribution is 0.104. The van der Waals surface area contributed by atoms with Gasteiger partial charge in [0.1, 0.15) is 0 Å². The summed E-state index contributed by atoms with van der Waals surface area (Å²) >= 11 is 0. The Morgan fingerprint density at radius 2 is 1.63 bits per heavy atom. The van der Waals surface area contributed by atoms with Gasteiger partial charge in [-0.05, 0) is 57.5 Å². The molecule has 1 heteroatoms. The van der Waals surface area contributed by atoms with Gasteiger partial charge in [-0.2, -0.15) is 0 Å². The number of benzene rings is 2. The van der Waals surface area contributed by atoms with E-state index in [1.165, 1.54) is 16.2 Å². The largest absolute Gasteiger partial charge is 0.289 e. The molecule has 0 atom stereocenters. The van der Waals surface area contributed by atoms with E-state index >= 15 is 0 Å². The summed E-state index contributed by atoms with van der Waals surface area (Å²) in [6.45, 7) is 0. The smallest absolute Gasteiger partial charge is 0.186 e. The van der Waals surface area contributed by atoms with Crippen molar-refractivity contribution in [1.82, 2.24) is 0 Å². The summed E-state index contributed by atoms with van der Waals surface area (Å²) in [7, 11) is 0. The molecule has 0 unspecified atom stereocenters. The number of hydrogen-bond donors (Lipinski definition) is 0. The van der Waals surface area contributed by atoms with Crippen LogP contribution in [0.3, 0.4) is 0 Å². The van der Waals surface area contributed by atoms with E-state index in [4.69, 9.17) is 0 Å². The van der Waals surface area contributed by atoms with E-state index in [1.54, 1.807) is 6.08 Å². The van der Waals surface area contributed by atoms with Crippen LogP contribution in [0.5, 0.6) is 0 Å². The first-order chi connectivity index (χ1) is 9.31. The third-order valence-electron chi connectivity index (χ3n) is 3.81. The Labute approximate surface area is 110 Å². The van der Waals surface area contributed by atoms with Gasteiger partial charge >= 0.3 is 0 Å². The van der Waals surface area contributed by atoms with Crippen LogP contribution < -0.4 is 10.4 Å². The SMILES string of the molecule is O=C1C=CC=c2cc3cc4c(cc3cc21)=CC=CC4. The Hall–Kier alpha value is -2.41. The molecule has 2 aromatic carbocycles. The molecule has 2 aliphatic carbocycles. The number of allylic oxidation sites excluding steroid dienone is 4. The van der Waals surface area contributed by atoms with E-state index in [0.717, 1.165) is 22.6 Å². The Balaban J connectivity index is 2.12. The van der Waals surface area contributed by atoms with E-state index in [-0.39, 0.29) is 5.78 Å². The highest BCUT2D eigenvalue weighted by molar-refractivity contribution is 6.09. The highest BCUT2D eigenvalue weighted by atomic mass is 16.1. The van der Waals surface area contributed by atoms with Crippen molar-refractivity contribution in [1.29, 1.82) is 0 Å². The minimum Gasteiger partial charge on any atom is -0.289 e. The van der Waals surface area contributed by atoms with Crippen molar-refractivity contribution in [3.8, 4) is 0 Å². The molecule has 0 amide bonds. The number of rotatable bonds is 0. The van der Waals surface area contributed by atoms with Crippen molar-refractivity contribution in [3.63, 3.8) is 0 Å². The molecule has 19 heavy (non-hydrogen) atoms. The zero-order valence-electron chi connectivity index (χ0n) is 10.4. The van der Waals surface area contributed by atoms with Gasteiger partial charge in [-0.15, -0.1) is 0 Å². The summed E-state index contributed by atoms with van der Waals surface area (Å²) in [6.07, 6.45) is 12.8. The molecule has 0 N–H and O–H groups in total. The van der Waals surface area contributed by atoms with E-state index in [2.05, 4.69) is 36.4 Å². The molecular weight excluding hydrogens is 232 g/mol. The first kappa shape index (κ1) is 10.5. The summed E-state index contributed by atoms with van der Waals surface area (Å²) in [5.41, 5.74) is 2.16. The monoisotopic (exact) mass is 244 g/mol.